The molecule has 0 atom stereocenters. The summed E-state index contributed by atoms with van der Waals surface area (Å²) in [5, 5.41) is 1.25. The number of carbonyl (C=O) groups excluding carboxylic acids is 1. The lowest BCUT2D eigenvalue weighted by molar-refractivity contribution is 0.0984. The molecular weight excluding hydrogens is 462 g/mol. The van der Waals surface area contributed by atoms with E-state index in [1.54, 1.807) is 23.1 Å². The zero-order valence-electron chi connectivity index (χ0n) is 19.7. The molecule has 3 aromatic rings. The van der Waals surface area contributed by atoms with Crippen LogP contribution >= 0.6 is 22.9 Å². The molecule has 2 aromatic carbocycles. The van der Waals surface area contributed by atoms with E-state index in [2.05, 4.69) is 0 Å². The van der Waals surface area contributed by atoms with Gasteiger partial charge in [-0.1, -0.05) is 22.9 Å². The maximum atomic E-state index is 13.8. The second-order valence-corrected chi connectivity index (χ2v) is 8.91. The number of fused-ring (bicyclic) bond motifs is 1. The molecule has 0 fully saturated rings. The van der Waals surface area contributed by atoms with Crippen LogP contribution in [0.25, 0.3) is 10.2 Å². The molecule has 0 bridgehead atoms. The number of halogens is 1. The van der Waals surface area contributed by atoms with Gasteiger partial charge < -0.3 is 19.1 Å². The van der Waals surface area contributed by atoms with Crippen molar-refractivity contribution in [2.24, 2.45) is 0 Å². The lowest BCUT2D eigenvalue weighted by Crippen LogP contribution is -2.36. The predicted molar refractivity (Wildman–Crippen MR) is 135 cm³/mol. The van der Waals surface area contributed by atoms with Crippen LogP contribution in [-0.4, -0.2) is 62.8 Å². The predicted octanol–water partition coefficient (Wildman–Crippen LogP) is 5.35. The van der Waals surface area contributed by atoms with Crippen LogP contribution in [0, 0.1) is 0 Å². The van der Waals surface area contributed by atoms with Gasteiger partial charge in [-0.3, -0.25) is 9.69 Å². The Morgan fingerprint density at radius 2 is 1.61 bits per heavy atom. The molecule has 7 nitrogen and oxygen atoms in total. The number of aromatic nitrogens is 1. The Hall–Kier alpha value is -2.55. The van der Waals surface area contributed by atoms with Crippen LogP contribution in [0.5, 0.6) is 17.2 Å². The molecule has 1 amide bonds. The number of amides is 1. The van der Waals surface area contributed by atoms with Crippen molar-refractivity contribution >= 4 is 44.2 Å². The number of hydrogen-bond donors (Lipinski definition) is 0. The molecule has 0 N–H and O–H groups in total. The van der Waals surface area contributed by atoms with Gasteiger partial charge in [-0.25, -0.2) is 4.98 Å². The fraction of sp³-hybridized carbons (Fsp3) is 0.417. The van der Waals surface area contributed by atoms with Gasteiger partial charge in [0.2, 0.25) is 5.75 Å². The topological polar surface area (TPSA) is 64.1 Å². The van der Waals surface area contributed by atoms with Crippen LogP contribution in [0.3, 0.4) is 0 Å². The Bertz CT molecular complexity index is 1080. The molecule has 0 aliphatic rings. The zero-order valence-corrected chi connectivity index (χ0v) is 21.3. The quantitative estimate of drug-likeness (QED) is 0.360. The van der Waals surface area contributed by atoms with Gasteiger partial charge >= 0.3 is 0 Å². The number of benzene rings is 2. The summed E-state index contributed by atoms with van der Waals surface area (Å²) >= 11 is 7.59. The van der Waals surface area contributed by atoms with Crippen molar-refractivity contribution in [2.45, 2.75) is 20.8 Å². The van der Waals surface area contributed by atoms with Gasteiger partial charge in [-0.15, -0.1) is 0 Å². The molecule has 0 radical (unpaired) electrons. The molecule has 1 aromatic heterocycles. The molecule has 0 unspecified atom stereocenters. The Kier molecular flexibility index (Phi) is 8.77. The second kappa shape index (κ2) is 11.5. The van der Waals surface area contributed by atoms with Crippen LogP contribution in [0.4, 0.5) is 5.13 Å². The van der Waals surface area contributed by atoms with E-state index in [9.17, 15) is 4.79 Å². The molecule has 0 aliphatic carbocycles. The molecule has 0 spiro atoms. The summed E-state index contributed by atoms with van der Waals surface area (Å²) in [6, 6.07) is 8.96. The molecule has 178 valence electrons. The average Bonchev–Trinajstić information content (AvgIpc) is 3.18. The fourth-order valence-electron chi connectivity index (χ4n) is 3.25. The fourth-order valence-corrected chi connectivity index (χ4v) is 4.52. The van der Waals surface area contributed by atoms with E-state index in [1.807, 2.05) is 51.9 Å². The lowest BCUT2D eigenvalue weighted by atomic mass is 10.1. The summed E-state index contributed by atoms with van der Waals surface area (Å²) in [5.41, 5.74) is 1.25. The van der Waals surface area contributed by atoms with Gasteiger partial charge in [0.25, 0.3) is 5.91 Å². The summed E-state index contributed by atoms with van der Waals surface area (Å²) in [7, 11) is 3.94. The average molecular weight is 492 g/mol. The highest BCUT2D eigenvalue weighted by molar-refractivity contribution is 7.22. The van der Waals surface area contributed by atoms with Crippen LogP contribution < -0.4 is 19.1 Å². The number of ether oxygens (including phenoxy) is 3. The van der Waals surface area contributed by atoms with E-state index >= 15 is 0 Å². The van der Waals surface area contributed by atoms with Gasteiger partial charge in [-0.05, 0) is 65.2 Å². The first-order valence-electron chi connectivity index (χ1n) is 11.0. The highest BCUT2D eigenvalue weighted by atomic mass is 35.5. The first kappa shape index (κ1) is 25.1. The summed E-state index contributed by atoms with van der Waals surface area (Å²) in [5.74, 6) is 1.29. The Labute approximate surface area is 203 Å². The van der Waals surface area contributed by atoms with Crippen LogP contribution in [0.1, 0.15) is 31.1 Å². The first-order valence-corrected chi connectivity index (χ1v) is 12.2. The highest BCUT2D eigenvalue weighted by Gasteiger charge is 2.25. The van der Waals surface area contributed by atoms with Crippen LogP contribution in [0.2, 0.25) is 5.02 Å². The van der Waals surface area contributed by atoms with Crippen molar-refractivity contribution in [3.05, 3.63) is 40.9 Å². The summed E-state index contributed by atoms with van der Waals surface area (Å²) in [6.07, 6.45) is 0. The number of nitrogens with zero attached hydrogens (tertiary/aromatic N) is 3. The minimum Gasteiger partial charge on any atom is -0.490 e. The molecule has 0 aliphatic heterocycles. The zero-order chi connectivity index (χ0) is 24.0. The minimum atomic E-state index is -0.188. The van der Waals surface area contributed by atoms with Gasteiger partial charge in [0, 0.05) is 23.7 Å². The molecule has 0 saturated heterocycles. The third-order valence-electron chi connectivity index (χ3n) is 4.74. The summed E-state index contributed by atoms with van der Waals surface area (Å²) in [6.45, 7) is 8.15. The van der Waals surface area contributed by atoms with Gasteiger partial charge in [-0.2, -0.15) is 0 Å². The van der Waals surface area contributed by atoms with Gasteiger partial charge in [0.15, 0.2) is 16.6 Å². The maximum Gasteiger partial charge on any atom is 0.260 e. The number of thiazole rings is 1. The molecule has 3 rings (SSSR count). The second-order valence-electron chi connectivity index (χ2n) is 7.47. The Morgan fingerprint density at radius 3 is 2.18 bits per heavy atom. The lowest BCUT2D eigenvalue weighted by Gasteiger charge is -2.23. The summed E-state index contributed by atoms with van der Waals surface area (Å²) in [4.78, 5) is 22.2. The van der Waals surface area contributed by atoms with E-state index in [0.717, 1.165) is 10.2 Å². The smallest absolute Gasteiger partial charge is 0.260 e. The molecule has 33 heavy (non-hydrogen) atoms. The van der Waals surface area contributed by atoms with Crippen molar-refractivity contribution < 1.29 is 19.0 Å². The number of hydrogen-bond acceptors (Lipinski definition) is 7. The largest absolute Gasteiger partial charge is 0.490 e. The number of likely N-dealkylation sites (N-methyl/N-ethyl adjacent to an activating group) is 1. The van der Waals surface area contributed by atoms with E-state index in [1.165, 1.54) is 11.3 Å². The SMILES string of the molecule is CCOc1cc(C(=O)N(CCN(C)C)c2nc3ccc(Cl)cc3s2)cc(OCC)c1OCC. The molecule has 0 saturated carbocycles. The summed E-state index contributed by atoms with van der Waals surface area (Å²) < 4.78 is 18.3. The van der Waals surface area contributed by atoms with E-state index in [-0.39, 0.29) is 5.91 Å². The maximum absolute atomic E-state index is 13.8. The van der Waals surface area contributed by atoms with E-state index in [4.69, 9.17) is 30.8 Å². The monoisotopic (exact) mass is 491 g/mol. The first-order chi connectivity index (χ1) is 15.9. The third kappa shape index (κ3) is 6.07. The standard InChI is InChI=1S/C24H30ClN3O4S/c1-6-30-19-13-16(14-20(31-7-2)22(19)32-8-3)23(29)28(12-11-27(4)5)24-26-18-10-9-17(25)15-21(18)33-24/h9-10,13-15H,6-8,11-12H2,1-5H3. The van der Waals surface area contributed by atoms with Crippen molar-refractivity contribution in [3.63, 3.8) is 0 Å². The van der Waals surface area contributed by atoms with Gasteiger partial charge in [0.05, 0.1) is 30.0 Å². The van der Waals surface area contributed by atoms with Crippen molar-refractivity contribution in [1.29, 1.82) is 0 Å². The molecule has 1 heterocycles. The molecule has 9 heteroatoms. The number of rotatable bonds is 11. The normalized spacial score (nSPS) is 11.1. The van der Waals surface area contributed by atoms with Gasteiger partial charge in [0.1, 0.15) is 0 Å². The van der Waals surface area contributed by atoms with Crippen LogP contribution in [0.15, 0.2) is 30.3 Å². The number of anilines is 1. The highest BCUT2D eigenvalue weighted by Crippen LogP contribution is 2.40. The van der Waals surface area contributed by atoms with Crippen molar-refractivity contribution in [1.82, 2.24) is 9.88 Å². The molecular formula is C24H30ClN3O4S. The van der Waals surface area contributed by atoms with E-state index < -0.39 is 0 Å². The van der Waals surface area contributed by atoms with Crippen LogP contribution in [-0.2, 0) is 0 Å². The third-order valence-corrected chi connectivity index (χ3v) is 6.02. The number of carbonyl (C=O) groups is 1. The minimum absolute atomic E-state index is 0.188. The Balaban J connectivity index is 2.07. The van der Waals surface area contributed by atoms with Crippen molar-refractivity contribution in [3.8, 4) is 17.2 Å². The Morgan fingerprint density at radius 1 is 0.970 bits per heavy atom. The van der Waals surface area contributed by atoms with Crippen molar-refractivity contribution in [2.75, 3.05) is 51.9 Å². The van der Waals surface area contributed by atoms with E-state index in [0.29, 0.717) is 65.9 Å².